The maximum Gasteiger partial charge on any atom is 0.0682 e. The molecule has 0 unspecified atom stereocenters. The van der Waals surface area contributed by atoms with Crippen LogP contribution in [0.1, 0.15) is 12.0 Å². The van der Waals surface area contributed by atoms with Crippen molar-refractivity contribution in [2.45, 2.75) is 19.9 Å². The first-order valence-corrected chi connectivity index (χ1v) is 7.05. The molecule has 1 aromatic heterocycles. The van der Waals surface area contributed by atoms with Gasteiger partial charge in [-0.25, -0.2) is 0 Å². The summed E-state index contributed by atoms with van der Waals surface area (Å²) >= 11 is 0. The molecule has 4 heteroatoms. The van der Waals surface area contributed by atoms with Crippen molar-refractivity contribution in [3.05, 3.63) is 30.0 Å². The third-order valence-corrected chi connectivity index (χ3v) is 3.75. The van der Waals surface area contributed by atoms with Crippen LogP contribution in [0.15, 0.2) is 24.4 Å². The number of morpholine rings is 1. The summed E-state index contributed by atoms with van der Waals surface area (Å²) in [6, 6.07) is 6.52. The molecule has 1 fully saturated rings. The summed E-state index contributed by atoms with van der Waals surface area (Å²) in [5, 5.41) is 5.73. The third kappa shape index (κ3) is 2.96. The highest BCUT2D eigenvalue weighted by molar-refractivity contribution is 5.79. The number of ether oxygens (including phenoxy) is 1. The Morgan fingerprint density at radius 1 is 1.21 bits per heavy atom. The van der Waals surface area contributed by atoms with E-state index in [0.717, 1.165) is 45.8 Å². The lowest BCUT2D eigenvalue weighted by atomic mass is 10.2. The van der Waals surface area contributed by atoms with E-state index >= 15 is 0 Å². The molecule has 0 radical (unpaired) electrons. The van der Waals surface area contributed by atoms with Crippen LogP contribution in [0.5, 0.6) is 0 Å². The van der Waals surface area contributed by atoms with Gasteiger partial charge in [0.2, 0.25) is 0 Å². The Labute approximate surface area is 114 Å². The van der Waals surface area contributed by atoms with Crippen LogP contribution in [-0.4, -0.2) is 47.5 Å². The average Bonchev–Trinajstić information content (AvgIpc) is 2.82. The fourth-order valence-electron chi connectivity index (χ4n) is 2.65. The molecule has 0 bridgehead atoms. The van der Waals surface area contributed by atoms with Gasteiger partial charge in [-0.1, -0.05) is 11.6 Å². The van der Waals surface area contributed by atoms with Gasteiger partial charge in [0.05, 0.1) is 24.9 Å². The highest BCUT2D eigenvalue weighted by Crippen LogP contribution is 2.15. The predicted octanol–water partition coefficient (Wildman–Crippen LogP) is 2.07. The van der Waals surface area contributed by atoms with Gasteiger partial charge in [0.1, 0.15) is 0 Å². The second kappa shape index (κ2) is 5.72. The molecule has 2 heterocycles. The van der Waals surface area contributed by atoms with Gasteiger partial charge in [-0.05, 0) is 25.5 Å². The van der Waals surface area contributed by atoms with Gasteiger partial charge in [-0.3, -0.25) is 9.58 Å². The van der Waals surface area contributed by atoms with Crippen LogP contribution < -0.4 is 0 Å². The first-order valence-electron chi connectivity index (χ1n) is 7.05. The molecule has 1 saturated heterocycles. The molecule has 1 aliphatic rings. The van der Waals surface area contributed by atoms with Crippen molar-refractivity contribution in [1.82, 2.24) is 14.7 Å². The van der Waals surface area contributed by atoms with Gasteiger partial charge in [0.25, 0.3) is 0 Å². The van der Waals surface area contributed by atoms with Crippen molar-refractivity contribution in [2.75, 3.05) is 32.8 Å². The zero-order chi connectivity index (χ0) is 13.1. The summed E-state index contributed by atoms with van der Waals surface area (Å²) in [6.45, 7) is 8.14. The fourth-order valence-corrected chi connectivity index (χ4v) is 2.65. The summed E-state index contributed by atoms with van der Waals surface area (Å²) in [6.07, 6.45) is 3.11. The lowest BCUT2D eigenvalue weighted by molar-refractivity contribution is 0.0368. The van der Waals surface area contributed by atoms with Crippen LogP contribution >= 0.6 is 0 Å². The minimum absolute atomic E-state index is 0.879. The van der Waals surface area contributed by atoms with E-state index in [1.807, 2.05) is 6.20 Å². The number of fused-ring (bicyclic) bond motifs is 1. The standard InChI is InChI=1S/C15H21N3O/c1-13-3-4-15-14(11-13)12-16-18(15)6-2-5-17-7-9-19-10-8-17/h3-4,11-12H,2,5-10H2,1H3. The molecule has 1 aliphatic heterocycles. The van der Waals surface area contributed by atoms with Crippen molar-refractivity contribution in [2.24, 2.45) is 0 Å². The van der Waals surface area contributed by atoms with E-state index in [1.165, 1.54) is 16.5 Å². The van der Waals surface area contributed by atoms with Crippen LogP contribution in [0.4, 0.5) is 0 Å². The molecule has 1 aromatic carbocycles. The minimum atomic E-state index is 0.879. The number of hydrogen-bond donors (Lipinski definition) is 0. The molecule has 4 nitrogen and oxygen atoms in total. The molecule has 0 N–H and O–H groups in total. The molecule has 0 atom stereocenters. The van der Waals surface area contributed by atoms with Crippen LogP contribution in [0.2, 0.25) is 0 Å². The molecule has 0 amide bonds. The van der Waals surface area contributed by atoms with Crippen LogP contribution in [-0.2, 0) is 11.3 Å². The zero-order valence-corrected chi connectivity index (χ0v) is 11.5. The smallest absolute Gasteiger partial charge is 0.0682 e. The normalized spacial score (nSPS) is 17.1. The van der Waals surface area contributed by atoms with E-state index in [0.29, 0.717) is 0 Å². The summed E-state index contributed by atoms with van der Waals surface area (Å²) < 4.78 is 7.48. The van der Waals surface area contributed by atoms with Gasteiger partial charge in [0, 0.05) is 31.6 Å². The van der Waals surface area contributed by atoms with Gasteiger partial charge < -0.3 is 4.74 Å². The van der Waals surface area contributed by atoms with E-state index in [9.17, 15) is 0 Å². The van der Waals surface area contributed by atoms with E-state index in [2.05, 4.69) is 39.8 Å². The molecule has 0 saturated carbocycles. The summed E-state index contributed by atoms with van der Waals surface area (Å²) in [4.78, 5) is 2.47. The van der Waals surface area contributed by atoms with Crippen LogP contribution in [0, 0.1) is 6.92 Å². The number of benzene rings is 1. The Morgan fingerprint density at radius 2 is 2.05 bits per heavy atom. The van der Waals surface area contributed by atoms with Gasteiger partial charge in [-0.2, -0.15) is 5.10 Å². The third-order valence-electron chi connectivity index (χ3n) is 3.75. The first-order chi connectivity index (χ1) is 9.33. The van der Waals surface area contributed by atoms with Gasteiger partial charge >= 0.3 is 0 Å². The van der Waals surface area contributed by atoms with Crippen molar-refractivity contribution < 1.29 is 4.74 Å². The van der Waals surface area contributed by atoms with Crippen molar-refractivity contribution in [1.29, 1.82) is 0 Å². The molecule has 0 spiro atoms. The Hall–Kier alpha value is -1.39. The van der Waals surface area contributed by atoms with Crippen LogP contribution in [0.25, 0.3) is 10.9 Å². The molecular formula is C15H21N3O. The second-order valence-corrected chi connectivity index (χ2v) is 5.24. The maximum atomic E-state index is 5.36. The predicted molar refractivity (Wildman–Crippen MR) is 76.3 cm³/mol. The lowest BCUT2D eigenvalue weighted by Crippen LogP contribution is -2.37. The van der Waals surface area contributed by atoms with E-state index in [1.54, 1.807) is 0 Å². The molecule has 3 rings (SSSR count). The topological polar surface area (TPSA) is 30.3 Å². The highest BCUT2D eigenvalue weighted by Gasteiger charge is 2.10. The largest absolute Gasteiger partial charge is 0.379 e. The number of nitrogens with zero attached hydrogens (tertiary/aromatic N) is 3. The SMILES string of the molecule is Cc1ccc2c(cnn2CCCN2CCOCC2)c1. The second-order valence-electron chi connectivity index (χ2n) is 5.24. The van der Waals surface area contributed by atoms with Crippen LogP contribution in [0.3, 0.4) is 0 Å². The van der Waals surface area contributed by atoms with Crippen molar-refractivity contribution in [3.63, 3.8) is 0 Å². The molecule has 19 heavy (non-hydrogen) atoms. The minimum Gasteiger partial charge on any atom is -0.379 e. The lowest BCUT2D eigenvalue weighted by Gasteiger charge is -2.26. The fraction of sp³-hybridized carbons (Fsp3) is 0.533. The first kappa shape index (κ1) is 12.6. The van der Waals surface area contributed by atoms with Gasteiger partial charge in [-0.15, -0.1) is 0 Å². The Balaban J connectivity index is 1.59. The number of rotatable bonds is 4. The molecule has 2 aromatic rings. The quantitative estimate of drug-likeness (QED) is 0.842. The molecule has 102 valence electrons. The van der Waals surface area contributed by atoms with Crippen molar-refractivity contribution >= 4 is 10.9 Å². The Kier molecular flexibility index (Phi) is 3.80. The van der Waals surface area contributed by atoms with E-state index < -0.39 is 0 Å². The Morgan fingerprint density at radius 3 is 2.89 bits per heavy atom. The summed E-state index contributed by atoms with van der Waals surface area (Å²) in [7, 11) is 0. The van der Waals surface area contributed by atoms with Gasteiger partial charge in [0.15, 0.2) is 0 Å². The Bertz CT molecular complexity index is 543. The molecule has 0 aliphatic carbocycles. The summed E-state index contributed by atoms with van der Waals surface area (Å²) in [5.74, 6) is 0. The number of hydrogen-bond acceptors (Lipinski definition) is 3. The average molecular weight is 259 g/mol. The summed E-state index contributed by atoms with van der Waals surface area (Å²) in [5.41, 5.74) is 2.54. The number of aryl methyl sites for hydroxylation is 2. The van der Waals surface area contributed by atoms with E-state index in [-0.39, 0.29) is 0 Å². The molecular weight excluding hydrogens is 238 g/mol. The zero-order valence-electron chi connectivity index (χ0n) is 11.5. The van der Waals surface area contributed by atoms with Crippen molar-refractivity contribution in [3.8, 4) is 0 Å². The van der Waals surface area contributed by atoms with E-state index in [4.69, 9.17) is 4.74 Å². The maximum absolute atomic E-state index is 5.36. The highest BCUT2D eigenvalue weighted by atomic mass is 16.5. The monoisotopic (exact) mass is 259 g/mol. The number of aromatic nitrogens is 2.